The fourth-order valence-electron chi connectivity index (χ4n) is 4.67. The summed E-state index contributed by atoms with van der Waals surface area (Å²) in [6.45, 7) is 5.05. The van der Waals surface area contributed by atoms with E-state index in [4.69, 9.17) is 4.74 Å². The Hall–Kier alpha value is -4.57. The lowest BCUT2D eigenvalue weighted by Gasteiger charge is -2.24. The van der Waals surface area contributed by atoms with Gasteiger partial charge in [-0.05, 0) is 49.2 Å². The molecule has 10 heteroatoms. The molecule has 38 heavy (non-hydrogen) atoms. The number of thiazole rings is 1. The van der Waals surface area contributed by atoms with Crippen molar-refractivity contribution in [1.82, 2.24) is 4.57 Å². The van der Waals surface area contributed by atoms with E-state index in [0.29, 0.717) is 31.7 Å². The second-order valence-corrected chi connectivity index (χ2v) is 9.83. The normalized spacial score (nSPS) is 15.3. The lowest BCUT2D eigenvalue weighted by atomic mass is 9.94. The molecular formula is C28H23N3O6S. The van der Waals surface area contributed by atoms with Crippen molar-refractivity contribution in [2.75, 3.05) is 6.61 Å². The number of phenolic OH excluding ortho intramolecular Hbond substituents is 1. The number of aryl methyl sites for hydroxylation is 1. The minimum absolute atomic E-state index is 0.0173. The standard InChI is InChI=1S/C28H23N3O6S/c1-4-37-27(34)24-16(3)29-28-30(25(24)18-10-9-15(2)21(13-18)31(35)36)26(33)23(38-28)14-20-19-8-6-5-7-17(19)11-12-22(20)32/h5-14,25,32H,4H2,1-3H3/b23-14+/t25-/m0/s1. The molecule has 4 aromatic rings. The predicted molar refractivity (Wildman–Crippen MR) is 144 cm³/mol. The number of phenols is 1. The molecule has 0 saturated carbocycles. The first-order chi connectivity index (χ1) is 18.2. The maximum atomic E-state index is 13.9. The van der Waals surface area contributed by atoms with Gasteiger partial charge in [0.1, 0.15) is 5.75 Å². The number of benzene rings is 3. The molecule has 1 atom stereocenters. The number of nitro benzene ring substituents is 1. The van der Waals surface area contributed by atoms with Crippen LogP contribution in [0.25, 0.3) is 16.8 Å². The molecule has 1 N–H and O–H groups in total. The minimum Gasteiger partial charge on any atom is -0.507 e. The highest BCUT2D eigenvalue weighted by atomic mass is 32.1. The van der Waals surface area contributed by atoms with E-state index in [1.54, 1.807) is 51.1 Å². The van der Waals surface area contributed by atoms with Crippen LogP contribution in [0.3, 0.4) is 0 Å². The average Bonchev–Trinajstić information content (AvgIpc) is 3.19. The second kappa shape index (κ2) is 9.71. The van der Waals surface area contributed by atoms with Crippen LogP contribution < -0.4 is 14.9 Å². The number of hydrogen-bond donors (Lipinski definition) is 1. The highest BCUT2D eigenvalue weighted by molar-refractivity contribution is 7.07. The van der Waals surface area contributed by atoms with Crippen LogP contribution >= 0.6 is 11.3 Å². The third-order valence-corrected chi connectivity index (χ3v) is 7.47. The number of carbonyl (C=O) groups is 1. The summed E-state index contributed by atoms with van der Waals surface area (Å²) in [6, 6.07) is 14.5. The third-order valence-electron chi connectivity index (χ3n) is 6.49. The summed E-state index contributed by atoms with van der Waals surface area (Å²) < 4.78 is 6.94. The van der Waals surface area contributed by atoms with E-state index in [9.17, 15) is 24.8 Å². The zero-order valence-corrected chi connectivity index (χ0v) is 21.6. The number of ether oxygens (including phenoxy) is 1. The molecule has 0 aliphatic carbocycles. The summed E-state index contributed by atoms with van der Waals surface area (Å²) in [5, 5.41) is 24.0. The maximum Gasteiger partial charge on any atom is 0.338 e. The molecule has 0 radical (unpaired) electrons. The molecule has 0 saturated heterocycles. The van der Waals surface area contributed by atoms with Gasteiger partial charge in [0.15, 0.2) is 4.80 Å². The average molecular weight is 530 g/mol. The van der Waals surface area contributed by atoms with Gasteiger partial charge in [-0.2, -0.15) is 0 Å². The Morgan fingerprint density at radius 2 is 1.97 bits per heavy atom. The zero-order chi connectivity index (χ0) is 27.1. The van der Waals surface area contributed by atoms with Crippen molar-refractivity contribution >= 4 is 39.8 Å². The maximum absolute atomic E-state index is 13.9. The van der Waals surface area contributed by atoms with E-state index in [1.807, 2.05) is 24.3 Å². The number of aromatic nitrogens is 1. The Labute approximate surface area is 220 Å². The Morgan fingerprint density at radius 1 is 1.21 bits per heavy atom. The lowest BCUT2D eigenvalue weighted by Crippen LogP contribution is -2.40. The van der Waals surface area contributed by atoms with Gasteiger partial charge in [-0.15, -0.1) is 0 Å². The molecule has 0 unspecified atom stereocenters. The van der Waals surface area contributed by atoms with Crippen LogP contribution in [0.2, 0.25) is 0 Å². The summed E-state index contributed by atoms with van der Waals surface area (Å²) in [5.74, 6) is -0.633. The summed E-state index contributed by atoms with van der Waals surface area (Å²) in [5.41, 5.74) is 1.26. The van der Waals surface area contributed by atoms with Crippen LogP contribution in [-0.4, -0.2) is 27.2 Å². The topological polar surface area (TPSA) is 124 Å². The number of fused-ring (bicyclic) bond motifs is 2. The monoisotopic (exact) mass is 529 g/mol. The van der Waals surface area contributed by atoms with Crippen LogP contribution in [-0.2, 0) is 9.53 Å². The second-order valence-electron chi connectivity index (χ2n) is 8.82. The molecule has 2 heterocycles. The molecule has 0 amide bonds. The first-order valence-corrected chi connectivity index (χ1v) is 12.7. The molecule has 3 aromatic carbocycles. The first kappa shape index (κ1) is 25.1. The van der Waals surface area contributed by atoms with Crippen molar-refractivity contribution in [2.24, 2.45) is 4.99 Å². The first-order valence-electron chi connectivity index (χ1n) is 11.9. The zero-order valence-electron chi connectivity index (χ0n) is 20.8. The van der Waals surface area contributed by atoms with Crippen LogP contribution in [0, 0.1) is 17.0 Å². The summed E-state index contributed by atoms with van der Waals surface area (Å²) >= 11 is 1.11. The van der Waals surface area contributed by atoms with E-state index in [-0.39, 0.29) is 23.6 Å². The number of nitrogens with zero attached hydrogens (tertiary/aromatic N) is 3. The fraction of sp³-hybridized carbons (Fsp3) is 0.179. The molecule has 0 bridgehead atoms. The number of carbonyl (C=O) groups excluding carboxylic acids is 1. The Kier molecular flexibility index (Phi) is 6.41. The molecule has 5 rings (SSSR count). The Balaban J connectivity index is 1.80. The van der Waals surface area contributed by atoms with Gasteiger partial charge in [-0.25, -0.2) is 9.79 Å². The van der Waals surface area contributed by atoms with E-state index in [2.05, 4.69) is 4.99 Å². The predicted octanol–water partition coefficient (Wildman–Crippen LogP) is 3.87. The number of aromatic hydroxyl groups is 1. The molecule has 0 fully saturated rings. The van der Waals surface area contributed by atoms with Crippen molar-refractivity contribution < 1.29 is 19.6 Å². The van der Waals surface area contributed by atoms with Crippen molar-refractivity contribution in [3.05, 3.63) is 112 Å². The smallest absolute Gasteiger partial charge is 0.338 e. The molecule has 9 nitrogen and oxygen atoms in total. The number of nitro groups is 1. The van der Waals surface area contributed by atoms with Crippen molar-refractivity contribution in [3.8, 4) is 5.75 Å². The van der Waals surface area contributed by atoms with Gasteiger partial charge in [-0.1, -0.05) is 53.8 Å². The lowest BCUT2D eigenvalue weighted by molar-refractivity contribution is -0.385. The number of allylic oxidation sites excluding steroid dienone is 1. The number of esters is 1. The number of hydrogen-bond acceptors (Lipinski definition) is 8. The summed E-state index contributed by atoms with van der Waals surface area (Å²) in [4.78, 5) is 43.0. The Morgan fingerprint density at radius 3 is 2.71 bits per heavy atom. The largest absolute Gasteiger partial charge is 0.507 e. The molecule has 0 spiro atoms. The molecule has 1 aliphatic heterocycles. The summed E-state index contributed by atoms with van der Waals surface area (Å²) in [6.07, 6.45) is 1.61. The fourth-order valence-corrected chi connectivity index (χ4v) is 5.70. The number of rotatable bonds is 5. The molecular weight excluding hydrogens is 506 g/mol. The van der Waals surface area contributed by atoms with Gasteiger partial charge >= 0.3 is 5.97 Å². The van der Waals surface area contributed by atoms with Gasteiger partial charge in [0, 0.05) is 17.2 Å². The SMILES string of the molecule is CCOC(=O)C1=C(C)N=c2s/c(=C/c3c(O)ccc4ccccc34)c(=O)n2[C@H]1c1ccc(C)c([N+](=O)[O-])c1. The van der Waals surface area contributed by atoms with Gasteiger partial charge in [0.25, 0.3) is 11.2 Å². The summed E-state index contributed by atoms with van der Waals surface area (Å²) in [7, 11) is 0. The van der Waals surface area contributed by atoms with Gasteiger partial charge in [0.05, 0.1) is 33.4 Å². The molecule has 1 aliphatic rings. The van der Waals surface area contributed by atoms with Crippen molar-refractivity contribution in [3.63, 3.8) is 0 Å². The molecule has 192 valence electrons. The minimum atomic E-state index is -0.979. The van der Waals surface area contributed by atoms with E-state index < -0.39 is 22.5 Å². The van der Waals surface area contributed by atoms with Crippen LogP contribution in [0.4, 0.5) is 5.69 Å². The third kappa shape index (κ3) is 4.18. The van der Waals surface area contributed by atoms with E-state index in [0.717, 1.165) is 22.1 Å². The van der Waals surface area contributed by atoms with Crippen LogP contribution in [0.1, 0.15) is 36.6 Å². The van der Waals surface area contributed by atoms with E-state index in [1.165, 1.54) is 10.6 Å². The van der Waals surface area contributed by atoms with E-state index >= 15 is 0 Å². The highest BCUT2D eigenvalue weighted by Crippen LogP contribution is 2.33. The van der Waals surface area contributed by atoms with Crippen molar-refractivity contribution in [1.29, 1.82) is 0 Å². The highest BCUT2D eigenvalue weighted by Gasteiger charge is 2.34. The van der Waals surface area contributed by atoms with Crippen LogP contribution in [0.15, 0.2) is 75.7 Å². The molecule has 1 aromatic heterocycles. The van der Waals surface area contributed by atoms with Gasteiger partial charge in [-0.3, -0.25) is 19.5 Å². The quantitative estimate of drug-likeness (QED) is 0.238. The van der Waals surface area contributed by atoms with Gasteiger partial charge < -0.3 is 9.84 Å². The van der Waals surface area contributed by atoms with Gasteiger partial charge in [0.2, 0.25) is 0 Å². The Bertz CT molecular complexity index is 1850. The van der Waals surface area contributed by atoms with Crippen LogP contribution in [0.5, 0.6) is 5.75 Å². The van der Waals surface area contributed by atoms with Crippen molar-refractivity contribution in [2.45, 2.75) is 26.8 Å².